The molecule has 2 aromatic carbocycles. The maximum absolute atomic E-state index is 5.27. The van der Waals surface area contributed by atoms with Crippen LogP contribution in [0, 0.1) is 0 Å². The molecule has 0 N–H and O–H groups in total. The van der Waals surface area contributed by atoms with Crippen LogP contribution in [0.5, 0.6) is 5.75 Å². The number of rotatable bonds is 3. The molecular weight excluding hydrogens is 376 g/mol. The Kier molecular flexibility index (Phi) is 3.59. The number of halogens is 1. The smallest absolute Gasteiger partial charge is 0.235 e. The van der Waals surface area contributed by atoms with Crippen LogP contribution in [0.4, 0.5) is 0 Å². The van der Waals surface area contributed by atoms with E-state index in [0.29, 0.717) is 5.82 Å². The molecule has 2 aromatic heterocycles. The van der Waals surface area contributed by atoms with Gasteiger partial charge in [0.1, 0.15) is 10.8 Å². The Bertz CT molecular complexity index is 995. The van der Waals surface area contributed by atoms with Crippen LogP contribution in [0.1, 0.15) is 0 Å². The minimum absolute atomic E-state index is 0.702. The summed E-state index contributed by atoms with van der Waals surface area (Å²) in [7, 11) is 1.65. The largest absolute Gasteiger partial charge is 0.497 e. The van der Waals surface area contributed by atoms with Crippen molar-refractivity contribution in [1.29, 1.82) is 0 Å². The minimum Gasteiger partial charge on any atom is -0.497 e. The normalized spacial score (nSPS) is 11.0. The Morgan fingerprint density at radius 2 is 1.96 bits per heavy atom. The van der Waals surface area contributed by atoms with E-state index in [2.05, 4.69) is 31.2 Å². The Hall–Kier alpha value is -2.25. The molecule has 5 nitrogen and oxygen atoms in total. The lowest BCUT2D eigenvalue weighted by Gasteiger charge is -2.02. The first-order chi connectivity index (χ1) is 11.3. The Balaban J connectivity index is 1.85. The second kappa shape index (κ2) is 5.75. The summed E-state index contributed by atoms with van der Waals surface area (Å²) in [5.41, 5.74) is 1.96. The van der Waals surface area contributed by atoms with Crippen molar-refractivity contribution in [2.45, 2.75) is 0 Å². The zero-order valence-corrected chi connectivity index (χ0v) is 14.5. The number of methoxy groups -OCH3 is 1. The lowest BCUT2D eigenvalue weighted by atomic mass is 10.2. The molecule has 2 heterocycles. The molecule has 0 fully saturated rings. The zero-order chi connectivity index (χ0) is 15.8. The van der Waals surface area contributed by atoms with E-state index in [1.807, 2.05) is 48.5 Å². The predicted octanol–water partition coefficient (Wildman–Crippen LogP) is 4.29. The highest BCUT2D eigenvalue weighted by molar-refractivity contribution is 9.10. The summed E-state index contributed by atoms with van der Waals surface area (Å²) >= 11 is 5.07. The van der Waals surface area contributed by atoms with Crippen molar-refractivity contribution in [3.63, 3.8) is 0 Å². The van der Waals surface area contributed by atoms with Gasteiger partial charge in [0.2, 0.25) is 4.96 Å². The molecule has 0 radical (unpaired) electrons. The highest BCUT2D eigenvalue weighted by atomic mass is 79.9. The number of benzene rings is 2. The molecule has 0 spiro atoms. The summed E-state index contributed by atoms with van der Waals surface area (Å²) in [5.74, 6) is 1.48. The number of hydrogen-bond acceptors (Lipinski definition) is 5. The van der Waals surface area contributed by atoms with Gasteiger partial charge in [-0.3, -0.25) is 0 Å². The van der Waals surface area contributed by atoms with Crippen LogP contribution < -0.4 is 4.74 Å². The van der Waals surface area contributed by atoms with E-state index in [9.17, 15) is 0 Å². The van der Waals surface area contributed by atoms with E-state index in [1.165, 1.54) is 11.3 Å². The summed E-state index contributed by atoms with van der Waals surface area (Å²) in [6.45, 7) is 0. The molecule has 4 aromatic rings. The lowest BCUT2D eigenvalue weighted by Crippen LogP contribution is -1.92. The summed E-state index contributed by atoms with van der Waals surface area (Å²) in [6.07, 6.45) is 0. The van der Waals surface area contributed by atoms with Gasteiger partial charge in [0.25, 0.3) is 0 Å². The molecule has 0 bridgehead atoms. The van der Waals surface area contributed by atoms with Crippen LogP contribution in [-0.4, -0.2) is 26.9 Å². The highest BCUT2D eigenvalue weighted by Gasteiger charge is 2.15. The summed E-state index contributed by atoms with van der Waals surface area (Å²) in [5, 5.41) is 14.1. The van der Waals surface area contributed by atoms with Crippen LogP contribution in [0.25, 0.3) is 26.9 Å². The van der Waals surface area contributed by atoms with E-state index >= 15 is 0 Å². The van der Waals surface area contributed by atoms with E-state index in [0.717, 1.165) is 31.3 Å². The molecule has 4 rings (SSSR count). The van der Waals surface area contributed by atoms with Gasteiger partial charge in [-0.05, 0) is 18.2 Å². The fourth-order valence-corrected chi connectivity index (χ4v) is 3.79. The second-order valence-electron chi connectivity index (χ2n) is 4.84. The van der Waals surface area contributed by atoms with E-state index in [1.54, 1.807) is 11.6 Å². The molecule has 0 aliphatic heterocycles. The minimum atomic E-state index is 0.702. The Morgan fingerprint density at radius 1 is 1.09 bits per heavy atom. The van der Waals surface area contributed by atoms with Gasteiger partial charge < -0.3 is 4.74 Å². The molecule has 0 unspecified atom stereocenters. The van der Waals surface area contributed by atoms with Crippen molar-refractivity contribution >= 4 is 32.2 Å². The molecule has 0 amide bonds. The van der Waals surface area contributed by atoms with Crippen LogP contribution >= 0.6 is 27.3 Å². The molecule has 23 heavy (non-hydrogen) atoms. The molecule has 0 saturated carbocycles. The zero-order valence-electron chi connectivity index (χ0n) is 12.1. The summed E-state index contributed by atoms with van der Waals surface area (Å²) in [6, 6.07) is 15.7. The average molecular weight is 387 g/mol. The molecule has 0 atom stereocenters. The summed E-state index contributed by atoms with van der Waals surface area (Å²) < 4.78 is 8.05. The van der Waals surface area contributed by atoms with Gasteiger partial charge in [-0.15, -0.1) is 10.2 Å². The summed E-state index contributed by atoms with van der Waals surface area (Å²) in [4.78, 5) is 0.758. The SMILES string of the molecule is COc1cccc(-c2nnc3sc(-c4ccccc4Br)nn23)c1. The Labute approximate surface area is 144 Å². The molecular formula is C16H11BrN4OS. The third kappa shape index (κ3) is 2.51. The van der Waals surface area contributed by atoms with Crippen LogP contribution in [0.15, 0.2) is 53.0 Å². The first-order valence-electron chi connectivity index (χ1n) is 6.88. The van der Waals surface area contributed by atoms with Crippen molar-refractivity contribution in [3.05, 3.63) is 53.0 Å². The van der Waals surface area contributed by atoms with Crippen LogP contribution in [-0.2, 0) is 0 Å². The maximum atomic E-state index is 5.27. The van der Waals surface area contributed by atoms with Gasteiger partial charge in [-0.25, -0.2) is 0 Å². The number of ether oxygens (including phenoxy) is 1. The van der Waals surface area contributed by atoms with Gasteiger partial charge in [0.15, 0.2) is 5.82 Å². The quantitative estimate of drug-likeness (QED) is 0.526. The number of nitrogens with zero attached hydrogens (tertiary/aromatic N) is 4. The fourth-order valence-electron chi connectivity index (χ4n) is 2.30. The Morgan fingerprint density at radius 3 is 2.78 bits per heavy atom. The standard InChI is InChI=1S/C16H11BrN4OS/c1-22-11-6-4-5-10(9-11)14-18-19-16-21(14)20-15(23-16)12-7-2-3-8-13(12)17/h2-9H,1H3. The second-order valence-corrected chi connectivity index (χ2v) is 6.65. The fraction of sp³-hybridized carbons (Fsp3) is 0.0625. The maximum Gasteiger partial charge on any atom is 0.235 e. The number of fused-ring (bicyclic) bond motifs is 1. The lowest BCUT2D eigenvalue weighted by molar-refractivity contribution is 0.415. The predicted molar refractivity (Wildman–Crippen MR) is 93.8 cm³/mol. The molecule has 0 aliphatic carbocycles. The third-order valence-electron chi connectivity index (χ3n) is 3.42. The molecule has 0 saturated heterocycles. The van der Waals surface area contributed by atoms with E-state index < -0.39 is 0 Å². The number of hydrogen-bond donors (Lipinski definition) is 0. The monoisotopic (exact) mass is 386 g/mol. The van der Waals surface area contributed by atoms with Gasteiger partial charge in [0, 0.05) is 15.6 Å². The number of aromatic nitrogens is 4. The van der Waals surface area contributed by atoms with Gasteiger partial charge >= 0.3 is 0 Å². The first kappa shape index (κ1) is 14.3. The van der Waals surface area contributed by atoms with Crippen molar-refractivity contribution in [2.24, 2.45) is 0 Å². The van der Waals surface area contributed by atoms with Crippen LogP contribution in [0.3, 0.4) is 0 Å². The average Bonchev–Trinajstić information content (AvgIpc) is 3.15. The van der Waals surface area contributed by atoms with Crippen molar-refractivity contribution in [2.75, 3.05) is 7.11 Å². The highest BCUT2D eigenvalue weighted by Crippen LogP contribution is 2.32. The van der Waals surface area contributed by atoms with Crippen molar-refractivity contribution in [1.82, 2.24) is 19.8 Å². The van der Waals surface area contributed by atoms with Gasteiger partial charge in [-0.2, -0.15) is 9.61 Å². The van der Waals surface area contributed by atoms with E-state index in [-0.39, 0.29) is 0 Å². The molecule has 0 aliphatic rings. The van der Waals surface area contributed by atoms with Gasteiger partial charge in [0.05, 0.1) is 7.11 Å². The first-order valence-corrected chi connectivity index (χ1v) is 8.49. The molecule has 114 valence electrons. The molecule has 7 heteroatoms. The van der Waals surface area contributed by atoms with Crippen molar-refractivity contribution < 1.29 is 4.74 Å². The van der Waals surface area contributed by atoms with Crippen molar-refractivity contribution in [3.8, 4) is 27.7 Å². The van der Waals surface area contributed by atoms with E-state index in [4.69, 9.17) is 4.74 Å². The topological polar surface area (TPSA) is 52.3 Å². The van der Waals surface area contributed by atoms with Crippen LogP contribution in [0.2, 0.25) is 0 Å². The van der Waals surface area contributed by atoms with Gasteiger partial charge in [-0.1, -0.05) is 57.6 Å². The third-order valence-corrected chi connectivity index (χ3v) is 5.05.